The van der Waals surface area contributed by atoms with Crippen LogP contribution in [0.15, 0.2) is 95.3 Å². The van der Waals surface area contributed by atoms with Gasteiger partial charge in [0.25, 0.3) is 0 Å². The van der Waals surface area contributed by atoms with Crippen molar-refractivity contribution in [1.29, 1.82) is 0 Å². The third-order valence-corrected chi connectivity index (χ3v) is 7.48. The Hall–Kier alpha value is -3.75. The number of allylic oxidation sites excluding steroid dienone is 1. The molecule has 4 aromatic rings. The first-order valence-electron chi connectivity index (χ1n) is 12.8. The van der Waals surface area contributed by atoms with Crippen LogP contribution in [0, 0.1) is 0 Å². The van der Waals surface area contributed by atoms with Gasteiger partial charge in [0.05, 0.1) is 12.2 Å². The quantitative estimate of drug-likeness (QED) is 0.164. The number of esters is 1. The summed E-state index contributed by atoms with van der Waals surface area (Å²) in [6.45, 7) is 4.70. The first kappa shape index (κ1) is 26.8. The summed E-state index contributed by atoms with van der Waals surface area (Å²) in [4.78, 5) is 18.3. The Bertz CT molecular complexity index is 1490. The molecular weight excluding hydrogens is 532 g/mol. The number of thioether (sulfide) groups is 1. The molecule has 1 aromatic heterocycles. The maximum absolute atomic E-state index is 13.6. The molecule has 0 bridgehead atoms. The standard InChI is InChI=1S/C30H29ClN4O3S/c1-3-16-37-24-14-9-13-22(17-24)27-26(28(36)38-18-21-10-5-4-6-11-21)20(2)32-29-33-30(34-35(27)29)39-19-23-12-7-8-15-25(23)31/h4-15,17,27H,3,16,18-19H2,1-2H3,(H,32,33,34). The molecule has 39 heavy (non-hydrogen) atoms. The number of carbonyl (C=O) groups excluding carboxylic acids is 1. The number of benzene rings is 3. The summed E-state index contributed by atoms with van der Waals surface area (Å²) in [5.74, 6) is 1.49. The topological polar surface area (TPSA) is 78.3 Å². The second kappa shape index (κ2) is 12.4. The fraction of sp³-hybridized carbons (Fsp3) is 0.233. The normalized spacial score (nSPS) is 14.5. The number of anilines is 1. The Morgan fingerprint density at radius 3 is 2.67 bits per heavy atom. The number of fused-ring (bicyclic) bond motifs is 1. The van der Waals surface area contributed by atoms with E-state index in [0.717, 1.165) is 28.9 Å². The molecule has 0 saturated heterocycles. The summed E-state index contributed by atoms with van der Waals surface area (Å²) in [6, 6.07) is 24.6. The Balaban J connectivity index is 1.47. The van der Waals surface area contributed by atoms with Gasteiger partial charge in [-0.2, -0.15) is 4.98 Å². The molecule has 0 spiro atoms. The van der Waals surface area contributed by atoms with Crippen molar-refractivity contribution in [2.24, 2.45) is 0 Å². The molecule has 1 atom stereocenters. The van der Waals surface area contributed by atoms with Crippen LogP contribution >= 0.6 is 23.4 Å². The number of hydrogen-bond donors (Lipinski definition) is 1. The highest BCUT2D eigenvalue weighted by molar-refractivity contribution is 7.98. The molecule has 0 radical (unpaired) electrons. The van der Waals surface area contributed by atoms with Crippen LogP contribution in [-0.4, -0.2) is 27.3 Å². The van der Waals surface area contributed by atoms with E-state index in [2.05, 4.69) is 12.2 Å². The Morgan fingerprint density at radius 2 is 1.87 bits per heavy atom. The van der Waals surface area contributed by atoms with E-state index in [1.165, 1.54) is 11.8 Å². The van der Waals surface area contributed by atoms with Crippen LogP contribution in [0.3, 0.4) is 0 Å². The van der Waals surface area contributed by atoms with Gasteiger partial charge in [-0.05, 0) is 48.2 Å². The van der Waals surface area contributed by atoms with Crippen molar-refractivity contribution in [3.8, 4) is 5.75 Å². The highest BCUT2D eigenvalue weighted by Gasteiger charge is 2.35. The summed E-state index contributed by atoms with van der Waals surface area (Å²) in [5, 5.41) is 9.36. The average molecular weight is 561 g/mol. The van der Waals surface area contributed by atoms with Crippen LogP contribution < -0.4 is 10.1 Å². The van der Waals surface area contributed by atoms with E-state index < -0.39 is 12.0 Å². The zero-order chi connectivity index (χ0) is 27.2. The van der Waals surface area contributed by atoms with Gasteiger partial charge in [-0.25, -0.2) is 9.48 Å². The Labute approximate surface area is 237 Å². The summed E-state index contributed by atoms with van der Waals surface area (Å²) < 4.78 is 13.4. The molecule has 5 rings (SSSR count). The van der Waals surface area contributed by atoms with E-state index in [-0.39, 0.29) is 6.61 Å². The second-order valence-corrected chi connectivity index (χ2v) is 10.4. The van der Waals surface area contributed by atoms with Crippen molar-refractivity contribution in [3.63, 3.8) is 0 Å². The van der Waals surface area contributed by atoms with Gasteiger partial charge in [0.1, 0.15) is 18.4 Å². The summed E-state index contributed by atoms with van der Waals surface area (Å²) in [6.07, 6.45) is 0.896. The molecule has 0 saturated carbocycles. The fourth-order valence-corrected chi connectivity index (χ4v) is 5.43. The van der Waals surface area contributed by atoms with E-state index in [1.807, 2.05) is 85.8 Å². The van der Waals surface area contributed by atoms with Gasteiger partial charge in [-0.1, -0.05) is 91.0 Å². The number of carbonyl (C=O) groups is 1. The van der Waals surface area contributed by atoms with Crippen molar-refractivity contribution in [2.45, 2.75) is 43.8 Å². The van der Waals surface area contributed by atoms with Crippen LogP contribution in [-0.2, 0) is 21.9 Å². The van der Waals surface area contributed by atoms with Gasteiger partial charge < -0.3 is 14.8 Å². The Kier molecular flexibility index (Phi) is 8.54. The van der Waals surface area contributed by atoms with Crippen LogP contribution in [0.4, 0.5) is 5.95 Å². The van der Waals surface area contributed by atoms with Crippen molar-refractivity contribution >= 4 is 35.3 Å². The molecule has 0 amide bonds. The summed E-state index contributed by atoms with van der Waals surface area (Å²) in [5.41, 5.74) is 3.91. The molecule has 200 valence electrons. The molecule has 1 N–H and O–H groups in total. The SMILES string of the molecule is CCCOc1cccc(C2C(C(=O)OCc3ccccc3)=C(C)Nc3nc(SCc4ccccc4Cl)nn32)c1. The molecule has 0 fully saturated rings. The number of nitrogens with one attached hydrogen (secondary N) is 1. The highest BCUT2D eigenvalue weighted by Crippen LogP contribution is 2.38. The lowest BCUT2D eigenvalue weighted by Gasteiger charge is -2.28. The number of nitrogens with zero attached hydrogens (tertiary/aromatic N) is 3. The second-order valence-electron chi connectivity index (χ2n) is 9.09. The average Bonchev–Trinajstić information content (AvgIpc) is 3.36. The van der Waals surface area contributed by atoms with E-state index in [1.54, 1.807) is 4.68 Å². The van der Waals surface area contributed by atoms with Gasteiger partial charge in [0.15, 0.2) is 0 Å². The molecule has 0 aliphatic carbocycles. The van der Waals surface area contributed by atoms with Gasteiger partial charge >= 0.3 is 5.97 Å². The molecule has 9 heteroatoms. The predicted molar refractivity (Wildman–Crippen MR) is 154 cm³/mol. The van der Waals surface area contributed by atoms with Crippen LogP contribution in [0.25, 0.3) is 0 Å². The first-order chi connectivity index (χ1) is 19.0. The van der Waals surface area contributed by atoms with Crippen molar-refractivity contribution in [2.75, 3.05) is 11.9 Å². The molecule has 1 unspecified atom stereocenters. The third-order valence-electron chi connectivity index (χ3n) is 6.23. The zero-order valence-electron chi connectivity index (χ0n) is 21.8. The minimum Gasteiger partial charge on any atom is -0.494 e. The van der Waals surface area contributed by atoms with Gasteiger partial charge in [-0.3, -0.25) is 0 Å². The molecule has 7 nitrogen and oxygen atoms in total. The number of halogens is 1. The smallest absolute Gasteiger partial charge is 0.338 e. The molecule has 3 aromatic carbocycles. The van der Waals surface area contributed by atoms with Crippen molar-refractivity contribution in [3.05, 3.63) is 112 Å². The lowest BCUT2D eigenvalue weighted by atomic mass is 9.95. The largest absolute Gasteiger partial charge is 0.494 e. The van der Waals surface area contributed by atoms with Crippen LogP contribution in [0.2, 0.25) is 5.02 Å². The lowest BCUT2D eigenvalue weighted by Crippen LogP contribution is -2.29. The molecular formula is C30H29ClN4O3S. The number of aromatic nitrogens is 3. The van der Waals surface area contributed by atoms with Gasteiger partial charge in [-0.15, -0.1) is 5.10 Å². The summed E-state index contributed by atoms with van der Waals surface area (Å²) >= 11 is 7.84. The first-order valence-corrected chi connectivity index (χ1v) is 14.1. The molecule has 1 aliphatic heterocycles. The van der Waals surface area contributed by atoms with Crippen LogP contribution in [0.5, 0.6) is 5.75 Å². The minimum absolute atomic E-state index is 0.173. The van der Waals surface area contributed by atoms with Crippen LogP contribution in [0.1, 0.15) is 43.0 Å². The van der Waals surface area contributed by atoms with Gasteiger partial charge in [0.2, 0.25) is 11.1 Å². The highest BCUT2D eigenvalue weighted by atomic mass is 35.5. The monoisotopic (exact) mass is 560 g/mol. The fourth-order valence-electron chi connectivity index (χ4n) is 4.32. The molecule has 1 aliphatic rings. The van der Waals surface area contributed by atoms with E-state index in [9.17, 15) is 4.79 Å². The predicted octanol–water partition coefficient (Wildman–Crippen LogP) is 7.04. The minimum atomic E-state index is -0.545. The number of rotatable bonds is 10. The number of ether oxygens (including phenoxy) is 2. The maximum Gasteiger partial charge on any atom is 0.338 e. The lowest BCUT2D eigenvalue weighted by molar-refractivity contribution is -0.140. The number of hydrogen-bond acceptors (Lipinski definition) is 7. The van der Waals surface area contributed by atoms with Crippen molar-refractivity contribution < 1.29 is 14.3 Å². The zero-order valence-corrected chi connectivity index (χ0v) is 23.3. The molecule has 2 heterocycles. The van der Waals surface area contributed by atoms with Gasteiger partial charge in [0, 0.05) is 16.5 Å². The third kappa shape index (κ3) is 6.29. The van der Waals surface area contributed by atoms with E-state index in [0.29, 0.717) is 39.8 Å². The Morgan fingerprint density at radius 1 is 1.08 bits per heavy atom. The summed E-state index contributed by atoms with van der Waals surface area (Å²) in [7, 11) is 0. The van der Waals surface area contributed by atoms with E-state index >= 15 is 0 Å². The van der Waals surface area contributed by atoms with Crippen molar-refractivity contribution in [1.82, 2.24) is 14.8 Å². The maximum atomic E-state index is 13.6. The van der Waals surface area contributed by atoms with E-state index in [4.69, 9.17) is 31.2 Å².